The van der Waals surface area contributed by atoms with E-state index in [1.54, 1.807) is 19.9 Å². The van der Waals surface area contributed by atoms with E-state index in [2.05, 4.69) is 15.1 Å². The Labute approximate surface area is 141 Å². The first-order valence-electron chi connectivity index (χ1n) is 7.19. The number of carbonyl (C=O) groups excluding carboxylic acids is 1. The Morgan fingerprint density at radius 2 is 1.75 bits per heavy atom. The highest BCUT2D eigenvalue weighted by atomic mass is 16.6. The minimum absolute atomic E-state index is 0.172. The van der Waals surface area contributed by atoms with Crippen molar-refractivity contribution in [3.63, 3.8) is 0 Å². The molecule has 0 aliphatic rings. The summed E-state index contributed by atoms with van der Waals surface area (Å²) in [5.41, 5.74) is 2.93. The predicted octanol–water partition coefficient (Wildman–Crippen LogP) is 2.76. The summed E-state index contributed by atoms with van der Waals surface area (Å²) in [4.78, 5) is 22.0. The Morgan fingerprint density at radius 3 is 2.38 bits per heavy atom. The smallest absolute Gasteiger partial charge is 0.341 e. The van der Waals surface area contributed by atoms with E-state index >= 15 is 0 Å². The van der Waals surface area contributed by atoms with Gasteiger partial charge in [0.05, 0.1) is 20.5 Å². The van der Waals surface area contributed by atoms with Crippen LogP contribution in [0.5, 0.6) is 0 Å². The van der Waals surface area contributed by atoms with Crippen LogP contribution < -0.4 is 0 Å². The normalized spacial score (nSPS) is 12.6. The fourth-order valence-electron chi connectivity index (χ4n) is 1.83. The van der Waals surface area contributed by atoms with Crippen molar-refractivity contribution in [1.82, 2.24) is 0 Å². The van der Waals surface area contributed by atoms with Gasteiger partial charge in [-0.25, -0.2) is 4.79 Å². The Kier molecular flexibility index (Phi) is 8.04. The van der Waals surface area contributed by atoms with Crippen LogP contribution in [0.15, 0.2) is 40.8 Å². The second-order valence-corrected chi connectivity index (χ2v) is 4.73. The van der Waals surface area contributed by atoms with E-state index in [0.29, 0.717) is 22.6 Å². The maximum Gasteiger partial charge on any atom is 0.341 e. The van der Waals surface area contributed by atoms with Crippen LogP contribution in [0.3, 0.4) is 0 Å². The minimum atomic E-state index is -0.493. The third-order valence-electron chi connectivity index (χ3n) is 3.12. The van der Waals surface area contributed by atoms with Crippen LogP contribution in [0.25, 0.3) is 5.57 Å². The van der Waals surface area contributed by atoms with Gasteiger partial charge < -0.3 is 19.1 Å². The molecule has 0 spiro atoms. The number of hydrogen-bond donors (Lipinski definition) is 0. The molecule has 0 aromatic heterocycles. The molecule has 0 unspecified atom stereocenters. The Bertz CT molecular complexity index is 650. The summed E-state index contributed by atoms with van der Waals surface area (Å²) in [6.07, 6.45) is 1.34. The third kappa shape index (κ3) is 5.42. The lowest BCUT2D eigenvalue weighted by Crippen LogP contribution is -2.08. The van der Waals surface area contributed by atoms with Gasteiger partial charge in [-0.2, -0.15) is 0 Å². The van der Waals surface area contributed by atoms with Crippen LogP contribution in [0, 0.1) is 0 Å². The molecule has 7 nitrogen and oxygen atoms in total. The molecule has 0 aliphatic carbocycles. The number of ether oxygens (including phenoxy) is 2. The molecular weight excluding hydrogens is 312 g/mol. The van der Waals surface area contributed by atoms with Gasteiger partial charge in [-0.1, -0.05) is 34.6 Å². The number of nitrogens with zero attached hydrogens (tertiary/aromatic N) is 2. The lowest BCUT2D eigenvalue weighted by atomic mass is 10.0. The molecule has 1 aromatic rings. The van der Waals surface area contributed by atoms with Crippen molar-refractivity contribution in [2.75, 3.05) is 21.3 Å². The van der Waals surface area contributed by atoms with Crippen LogP contribution >= 0.6 is 0 Å². The maximum atomic E-state index is 11.9. The van der Waals surface area contributed by atoms with Gasteiger partial charge in [-0.05, 0) is 19.4 Å². The largest absolute Gasteiger partial charge is 0.503 e. The highest BCUT2D eigenvalue weighted by molar-refractivity contribution is 6.40. The van der Waals surface area contributed by atoms with Crippen molar-refractivity contribution in [1.29, 1.82) is 0 Å². The van der Waals surface area contributed by atoms with Gasteiger partial charge in [-0.3, -0.25) is 0 Å². The highest BCUT2D eigenvalue weighted by Gasteiger charge is 2.16. The second-order valence-electron chi connectivity index (χ2n) is 4.73. The zero-order valence-corrected chi connectivity index (χ0v) is 14.5. The summed E-state index contributed by atoms with van der Waals surface area (Å²) in [7, 11) is 4.24. The molecule has 0 saturated heterocycles. The van der Waals surface area contributed by atoms with Crippen LogP contribution in [-0.4, -0.2) is 38.7 Å². The fraction of sp³-hybridized carbons (Fsp3) is 0.353. The number of carbonyl (C=O) groups is 1. The summed E-state index contributed by atoms with van der Waals surface area (Å²) in [5, 5.41) is 7.76. The quantitative estimate of drug-likeness (QED) is 0.240. The molecule has 0 N–H and O–H groups in total. The maximum absolute atomic E-state index is 11.9. The van der Waals surface area contributed by atoms with Gasteiger partial charge in [0.2, 0.25) is 0 Å². The molecule has 0 aliphatic heterocycles. The minimum Gasteiger partial charge on any atom is -0.503 e. The summed E-state index contributed by atoms with van der Waals surface area (Å²) in [6, 6.07) is 7.28. The zero-order chi connectivity index (χ0) is 17.9. The summed E-state index contributed by atoms with van der Waals surface area (Å²) < 4.78 is 9.77. The standard InChI is InChI=1S/C17H22N2O5/c1-12(18-23-5)13(2)19-24-10-14-8-6-7-9-15(14)16(11-21-3)17(20)22-4/h6-9,11H,10H2,1-5H3/b16-11+,18-12+,19-13+. The van der Waals surface area contributed by atoms with Crippen LogP contribution in [0.4, 0.5) is 0 Å². The topological polar surface area (TPSA) is 78.7 Å². The van der Waals surface area contributed by atoms with Gasteiger partial charge in [-0.15, -0.1) is 0 Å². The number of methoxy groups -OCH3 is 2. The number of hydrogen-bond acceptors (Lipinski definition) is 7. The predicted molar refractivity (Wildman–Crippen MR) is 91.5 cm³/mol. The van der Waals surface area contributed by atoms with Gasteiger partial charge >= 0.3 is 5.97 Å². The Hall–Kier alpha value is -2.83. The van der Waals surface area contributed by atoms with E-state index in [-0.39, 0.29) is 6.61 Å². The number of rotatable bonds is 8. The van der Waals surface area contributed by atoms with Crippen molar-refractivity contribution in [3.05, 3.63) is 41.7 Å². The van der Waals surface area contributed by atoms with Crippen molar-refractivity contribution >= 4 is 23.0 Å². The molecule has 0 amide bonds. The number of oxime groups is 2. The van der Waals surface area contributed by atoms with E-state index in [4.69, 9.17) is 14.3 Å². The van der Waals surface area contributed by atoms with Crippen molar-refractivity contribution in [3.8, 4) is 0 Å². The summed E-state index contributed by atoms with van der Waals surface area (Å²) in [6.45, 7) is 3.69. The first-order valence-corrected chi connectivity index (χ1v) is 7.19. The molecule has 7 heteroatoms. The lowest BCUT2D eigenvalue weighted by molar-refractivity contribution is -0.133. The van der Waals surface area contributed by atoms with Crippen LogP contribution in [0.1, 0.15) is 25.0 Å². The SMILES string of the molecule is CO/C=C(/C(=O)OC)c1ccccc1CO/N=C(C)/C(C)=N/OC. The van der Waals surface area contributed by atoms with Gasteiger partial charge in [0.1, 0.15) is 30.7 Å². The van der Waals surface area contributed by atoms with Gasteiger partial charge in [0, 0.05) is 5.56 Å². The van der Waals surface area contributed by atoms with Crippen molar-refractivity contribution in [2.24, 2.45) is 10.3 Å². The molecule has 0 radical (unpaired) electrons. The highest BCUT2D eigenvalue weighted by Crippen LogP contribution is 2.21. The molecule has 0 saturated carbocycles. The summed E-state index contributed by atoms with van der Waals surface area (Å²) in [5.74, 6) is -0.493. The molecule has 1 aromatic carbocycles. The van der Waals surface area contributed by atoms with Gasteiger partial charge in [0.15, 0.2) is 0 Å². The zero-order valence-electron chi connectivity index (χ0n) is 14.5. The molecule has 130 valence electrons. The van der Waals surface area contributed by atoms with E-state index in [1.165, 1.54) is 27.6 Å². The lowest BCUT2D eigenvalue weighted by Gasteiger charge is -2.11. The van der Waals surface area contributed by atoms with E-state index in [1.807, 2.05) is 18.2 Å². The molecule has 24 heavy (non-hydrogen) atoms. The number of benzene rings is 1. The van der Waals surface area contributed by atoms with E-state index in [0.717, 1.165) is 5.56 Å². The average Bonchev–Trinajstić information content (AvgIpc) is 2.59. The first kappa shape index (κ1) is 19.2. The Balaban J connectivity index is 2.99. The monoisotopic (exact) mass is 334 g/mol. The number of esters is 1. The van der Waals surface area contributed by atoms with Crippen molar-refractivity contribution < 1.29 is 23.9 Å². The molecular formula is C17H22N2O5. The summed E-state index contributed by atoms with van der Waals surface area (Å²) >= 11 is 0. The molecule has 0 heterocycles. The van der Waals surface area contributed by atoms with E-state index < -0.39 is 5.97 Å². The third-order valence-corrected chi connectivity index (χ3v) is 3.12. The molecule has 0 fully saturated rings. The average molecular weight is 334 g/mol. The van der Waals surface area contributed by atoms with Crippen LogP contribution in [-0.2, 0) is 30.6 Å². The Morgan fingerprint density at radius 1 is 1.08 bits per heavy atom. The van der Waals surface area contributed by atoms with Crippen molar-refractivity contribution in [2.45, 2.75) is 20.5 Å². The molecule has 0 bridgehead atoms. The molecule has 0 atom stereocenters. The first-order chi connectivity index (χ1) is 11.5. The van der Waals surface area contributed by atoms with E-state index in [9.17, 15) is 4.79 Å². The van der Waals surface area contributed by atoms with Gasteiger partial charge in [0.25, 0.3) is 0 Å². The molecule has 1 rings (SSSR count). The second kappa shape index (κ2) is 10.0. The van der Waals surface area contributed by atoms with Crippen LogP contribution in [0.2, 0.25) is 0 Å². The fourth-order valence-corrected chi connectivity index (χ4v) is 1.83.